The first-order valence-corrected chi connectivity index (χ1v) is 20.9. The third-order valence-electron chi connectivity index (χ3n) is 15.1. The van der Waals surface area contributed by atoms with Gasteiger partial charge < -0.3 is 33.9 Å². The zero-order valence-corrected chi connectivity index (χ0v) is 35.0. The van der Waals surface area contributed by atoms with E-state index in [0.29, 0.717) is 66.7 Å². The highest BCUT2D eigenvalue weighted by Crippen LogP contribution is 2.68. The monoisotopic (exact) mass is 810 g/mol. The van der Waals surface area contributed by atoms with Crippen molar-refractivity contribution < 1.29 is 42.8 Å². The minimum atomic E-state index is -2.31. The summed E-state index contributed by atoms with van der Waals surface area (Å²) in [5.41, 5.74) is -0.0400. The van der Waals surface area contributed by atoms with Gasteiger partial charge in [-0.2, -0.15) is 0 Å². The smallest absolute Gasteiger partial charge is 0.344 e. The number of likely N-dealkylation sites (N-methyl/N-ethyl adjacent to an activating group) is 1. The Morgan fingerprint density at radius 3 is 2.49 bits per heavy atom. The number of benzene rings is 2. The van der Waals surface area contributed by atoms with Crippen LogP contribution in [0, 0.1) is 17.2 Å². The van der Waals surface area contributed by atoms with Crippen LogP contribution in [0.4, 0.5) is 10.1 Å². The van der Waals surface area contributed by atoms with Crippen LogP contribution in [0.5, 0.6) is 5.75 Å². The molecule has 1 aromatic heterocycles. The van der Waals surface area contributed by atoms with Crippen LogP contribution in [-0.2, 0) is 45.8 Å². The lowest BCUT2D eigenvalue weighted by atomic mass is 9.47. The number of methoxy groups -OCH3 is 3. The van der Waals surface area contributed by atoms with Crippen LogP contribution >= 0.6 is 0 Å². The first-order chi connectivity index (χ1) is 28.3. The van der Waals surface area contributed by atoms with Crippen molar-refractivity contribution in [1.82, 2.24) is 14.8 Å². The van der Waals surface area contributed by atoms with Gasteiger partial charge in [-0.3, -0.25) is 19.4 Å². The van der Waals surface area contributed by atoms with E-state index in [-0.39, 0.29) is 17.8 Å². The Balaban J connectivity index is 1.38. The van der Waals surface area contributed by atoms with E-state index in [1.54, 1.807) is 19.2 Å². The SMILES string of the molecule is CCC1=C[C@@H]2CN(CCc3c([nH]c4ccc(F)cc34)[C@@](C(=O)OC)(c3cc4c(cc3OC)N(C)[C@H]3[C@@](O)(C(=O)OC)[C@H](OC(C)=O)[C@]5(CC)C=CCN6CC[C@]43[C@@H]65)C2)C1. The normalized spacial score (nSPS) is 34.4. The summed E-state index contributed by atoms with van der Waals surface area (Å²) in [6.07, 6.45) is 7.90. The molecule has 13 heteroatoms. The van der Waals surface area contributed by atoms with E-state index in [9.17, 15) is 14.7 Å². The summed E-state index contributed by atoms with van der Waals surface area (Å²) in [5.74, 6) is -1.97. The van der Waals surface area contributed by atoms with Gasteiger partial charge in [0.2, 0.25) is 5.60 Å². The Morgan fingerprint density at radius 2 is 1.80 bits per heavy atom. The van der Waals surface area contributed by atoms with Crippen LogP contribution < -0.4 is 9.64 Å². The molecular weight excluding hydrogens is 756 g/mol. The van der Waals surface area contributed by atoms with Crippen molar-refractivity contribution in [3.8, 4) is 5.75 Å². The lowest BCUT2D eigenvalue weighted by Gasteiger charge is -2.63. The van der Waals surface area contributed by atoms with Gasteiger partial charge in [0, 0.05) is 90.9 Å². The number of aromatic amines is 1. The van der Waals surface area contributed by atoms with Crippen molar-refractivity contribution in [3.05, 3.63) is 82.3 Å². The second-order valence-corrected chi connectivity index (χ2v) is 17.6. The topological polar surface area (TPSA) is 134 Å². The predicted molar refractivity (Wildman–Crippen MR) is 219 cm³/mol. The molecule has 59 heavy (non-hydrogen) atoms. The molecule has 3 aromatic rings. The molecule has 0 amide bonds. The number of carbonyl (C=O) groups excluding carboxylic acids is 3. The molecule has 1 unspecified atom stereocenters. The molecule has 314 valence electrons. The van der Waals surface area contributed by atoms with E-state index in [2.05, 4.69) is 33.8 Å². The molecule has 9 rings (SSSR count). The van der Waals surface area contributed by atoms with Crippen molar-refractivity contribution >= 4 is 34.5 Å². The van der Waals surface area contributed by atoms with Gasteiger partial charge >= 0.3 is 17.9 Å². The van der Waals surface area contributed by atoms with E-state index in [1.165, 1.54) is 32.8 Å². The maximum atomic E-state index is 15.3. The Morgan fingerprint density at radius 1 is 1.02 bits per heavy atom. The molecule has 2 bridgehead atoms. The summed E-state index contributed by atoms with van der Waals surface area (Å²) in [7, 11) is 6.09. The van der Waals surface area contributed by atoms with Crippen LogP contribution in [0.15, 0.2) is 54.1 Å². The zero-order valence-electron chi connectivity index (χ0n) is 35.0. The highest BCUT2D eigenvalue weighted by atomic mass is 19.1. The maximum absolute atomic E-state index is 15.3. The van der Waals surface area contributed by atoms with Crippen molar-refractivity contribution in [2.24, 2.45) is 11.3 Å². The van der Waals surface area contributed by atoms with Crippen molar-refractivity contribution in [2.75, 3.05) is 66.0 Å². The lowest BCUT2D eigenvalue weighted by molar-refractivity contribution is -0.228. The third-order valence-corrected chi connectivity index (χ3v) is 15.1. The number of nitrogens with zero attached hydrogens (tertiary/aromatic N) is 3. The van der Waals surface area contributed by atoms with Crippen LogP contribution in [0.1, 0.15) is 68.8 Å². The molecule has 2 fully saturated rings. The van der Waals surface area contributed by atoms with Crippen LogP contribution in [0.2, 0.25) is 0 Å². The fourth-order valence-corrected chi connectivity index (χ4v) is 13.1. The summed E-state index contributed by atoms with van der Waals surface area (Å²) in [6.45, 7) is 9.01. The molecule has 2 N–H and O–H groups in total. The minimum Gasteiger partial charge on any atom is -0.496 e. The molecule has 0 radical (unpaired) electrons. The summed E-state index contributed by atoms with van der Waals surface area (Å²) in [4.78, 5) is 53.0. The molecule has 1 aliphatic carbocycles. The van der Waals surface area contributed by atoms with Gasteiger partial charge in [-0.05, 0) is 80.0 Å². The molecule has 5 aliphatic heterocycles. The Hall–Kier alpha value is -4.72. The van der Waals surface area contributed by atoms with Gasteiger partial charge in [-0.25, -0.2) is 9.18 Å². The number of ether oxygens (including phenoxy) is 4. The highest BCUT2D eigenvalue weighted by molar-refractivity contribution is 5.95. The molecule has 9 atom stereocenters. The number of nitrogens with one attached hydrogen (secondary N) is 1. The van der Waals surface area contributed by atoms with Crippen LogP contribution in [0.25, 0.3) is 10.9 Å². The molecule has 1 saturated carbocycles. The number of hydrogen-bond donors (Lipinski definition) is 2. The average molecular weight is 811 g/mol. The third kappa shape index (κ3) is 5.19. The molecular formula is C46H55FN4O8. The van der Waals surface area contributed by atoms with E-state index < -0.39 is 51.9 Å². The predicted octanol–water partition coefficient (Wildman–Crippen LogP) is 4.94. The van der Waals surface area contributed by atoms with Crippen LogP contribution in [-0.4, -0.2) is 123 Å². The van der Waals surface area contributed by atoms with E-state index in [0.717, 1.165) is 42.9 Å². The molecule has 1 saturated heterocycles. The zero-order chi connectivity index (χ0) is 41.8. The number of hydrogen-bond acceptors (Lipinski definition) is 11. The standard InChI is InChI=1S/C46H55FN4O8/c1-8-27-19-28-23-45(41(53)57-6,37-30(13-17-50(24-27)25-28)31-20-29(47)11-12-34(31)48-37)33-21-32-35(22-36(33)56-5)49(4)39-44(32)15-18-51-16-10-14-43(9-2,38(44)51)40(59-26(3)52)46(39,55)42(54)58-7/h10-12,14,19-22,28,38-40,48,55H,8-9,13,15-18,23-25H2,1-7H3/t28-,38-,39+,40+,43+,44+,45-,46-/m0/s1. The lowest BCUT2D eigenvalue weighted by Crippen LogP contribution is -2.81. The summed E-state index contributed by atoms with van der Waals surface area (Å²) in [6, 6.07) is 7.43. The Bertz CT molecular complexity index is 2320. The number of fused-ring (bicyclic) bond motifs is 6. The van der Waals surface area contributed by atoms with Crippen molar-refractivity contribution in [1.29, 1.82) is 0 Å². The summed E-state index contributed by atoms with van der Waals surface area (Å²) >= 11 is 0. The van der Waals surface area contributed by atoms with Gasteiger partial charge in [0.25, 0.3) is 0 Å². The fourth-order valence-electron chi connectivity index (χ4n) is 13.1. The number of halogens is 1. The second kappa shape index (κ2) is 13.9. The number of anilines is 1. The molecule has 6 aliphatic rings. The molecule has 12 nitrogen and oxygen atoms in total. The van der Waals surface area contributed by atoms with E-state index >= 15 is 9.18 Å². The Labute approximate surface area is 344 Å². The molecule has 2 aromatic carbocycles. The quantitative estimate of drug-likeness (QED) is 0.191. The number of aliphatic hydroxyl groups is 1. The average Bonchev–Trinajstić information content (AvgIpc) is 3.89. The number of H-pyrrole nitrogens is 1. The molecule has 6 heterocycles. The fraction of sp³-hybridized carbons (Fsp3) is 0.543. The minimum absolute atomic E-state index is 0.0553. The summed E-state index contributed by atoms with van der Waals surface area (Å²) in [5, 5.41) is 14.0. The summed E-state index contributed by atoms with van der Waals surface area (Å²) < 4.78 is 39.0. The van der Waals surface area contributed by atoms with Gasteiger partial charge in [0.1, 0.15) is 17.0 Å². The first-order valence-electron chi connectivity index (χ1n) is 20.9. The van der Waals surface area contributed by atoms with Gasteiger partial charge in [0.15, 0.2) is 6.10 Å². The van der Waals surface area contributed by atoms with Crippen molar-refractivity contribution in [3.63, 3.8) is 0 Å². The Kier molecular flexibility index (Phi) is 9.37. The highest BCUT2D eigenvalue weighted by Gasteiger charge is 2.80. The van der Waals surface area contributed by atoms with E-state index in [4.69, 9.17) is 18.9 Å². The second-order valence-electron chi connectivity index (χ2n) is 17.6. The number of aromatic nitrogens is 1. The van der Waals surface area contributed by atoms with Gasteiger partial charge in [-0.1, -0.05) is 37.6 Å². The van der Waals surface area contributed by atoms with E-state index in [1.807, 2.05) is 37.1 Å². The maximum Gasteiger partial charge on any atom is 0.344 e. The number of rotatable bonds is 7. The number of carbonyl (C=O) groups is 3. The number of esters is 3. The first kappa shape index (κ1) is 39.7. The van der Waals surface area contributed by atoms with Crippen LogP contribution in [0.3, 0.4) is 0 Å². The molecule has 1 spiro atoms. The van der Waals surface area contributed by atoms with Gasteiger partial charge in [0.05, 0.1) is 27.4 Å². The van der Waals surface area contributed by atoms with Gasteiger partial charge in [-0.15, -0.1) is 0 Å². The van der Waals surface area contributed by atoms with Crippen molar-refractivity contribution in [2.45, 2.75) is 87.5 Å². The largest absolute Gasteiger partial charge is 0.496 e.